The molecule has 0 saturated heterocycles. The molecule has 0 spiro atoms. The van der Waals surface area contributed by atoms with Crippen LogP contribution in [0.4, 0.5) is 0 Å². The molecule has 0 heterocycles. The SMILES string of the molecule is CCCCOC(=O)C(Cl)(Cl)C(Cl)(Cl)C(C)C.O. The highest BCUT2D eigenvalue weighted by Gasteiger charge is 2.56. The predicted octanol–water partition coefficient (Wildman–Crippen LogP) is 3.51. The van der Waals surface area contributed by atoms with Gasteiger partial charge in [-0.1, -0.05) is 73.6 Å². The molecule has 0 aromatic rings. The molecule has 0 aromatic carbocycles. The normalized spacial score (nSPS) is 12.2. The van der Waals surface area contributed by atoms with Crippen LogP contribution >= 0.6 is 46.4 Å². The summed E-state index contributed by atoms with van der Waals surface area (Å²) in [5.74, 6) is -1.09. The Labute approximate surface area is 122 Å². The number of esters is 1. The largest absolute Gasteiger partial charge is 0.463 e. The van der Waals surface area contributed by atoms with Gasteiger partial charge >= 0.3 is 5.97 Å². The molecule has 2 N–H and O–H groups in total. The van der Waals surface area contributed by atoms with E-state index in [0.29, 0.717) is 0 Å². The van der Waals surface area contributed by atoms with Gasteiger partial charge in [0.05, 0.1) is 6.61 Å². The summed E-state index contributed by atoms with van der Waals surface area (Å²) in [6, 6.07) is 0. The van der Waals surface area contributed by atoms with Crippen molar-refractivity contribution in [3.8, 4) is 0 Å². The lowest BCUT2D eigenvalue weighted by atomic mass is 10.1. The topological polar surface area (TPSA) is 57.8 Å². The Morgan fingerprint density at radius 2 is 1.71 bits per heavy atom. The molecule has 0 amide bonds. The number of unbranched alkanes of at least 4 members (excludes halogenated alkanes) is 1. The molecule has 7 heteroatoms. The fourth-order valence-corrected chi connectivity index (χ4v) is 1.60. The van der Waals surface area contributed by atoms with E-state index in [1.54, 1.807) is 13.8 Å². The standard InChI is InChI=1S/C10H16Cl4O2.H2O/c1-4-5-6-16-8(15)10(13,14)9(11,12)7(2)3;/h7H,4-6H2,1-3H3;1H2. The summed E-state index contributed by atoms with van der Waals surface area (Å²) >= 11 is 23.7. The minimum atomic E-state index is -1.96. The van der Waals surface area contributed by atoms with Crippen LogP contribution in [-0.4, -0.2) is 26.7 Å². The van der Waals surface area contributed by atoms with E-state index in [9.17, 15) is 4.79 Å². The molecule has 17 heavy (non-hydrogen) atoms. The number of hydrogen-bond donors (Lipinski definition) is 0. The first-order valence-corrected chi connectivity index (χ1v) is 6.62. The monoisotopic (exact) mass is 326 g/mol. The van der Waals surface area contributed by atoms with Gasteiger partial charge in [-0.3, -0.25) is 0 Å². The van der Waals surface area contributed by atoms with E-state index in [-0.39, 0.29) is 18.0 Å². The lowest BCUT2D eigenvalue weighted by Crippen LogP contribution is -2.47. The molecule has 0 bridgehead atoms. The number of carbonyl (C=O) groups excluding carboxylic acids is 1. The fraction of sp³-hybridized carbons (Fsp3) is 0.900. The van der Waals surface area contributed by atoms with Gasteiger partial charge in [0.2, 0.25) is 4.33 Å². The second-order valence-electron chi connectivity index (χ2n) is 3.84. The second-order valence-corrected chi connectivity index (χ2v) is 6.55. The van der Waals surface area contributed by atoms with Gasteiger partial charge in [0, 0.05) is 0 Å². The van der Waals surface area contributed by atoms with Crippen LogP contribution in [0.25, 0.3) is 0 Å². The van der Waals surface area contributed by atoms with Crippen LogP contribution in [-0.2, 0) is 9.53 Å². The van der Waals surface area contributed by atoms with E-state index in [2.05, 4.69) is 0 Å². The van der Waals surface area contributed by atoms with Gasteiger partial charge in [-0.05, 0) is 12.3 Å². The lowest BCUT2D eigenvalue weighted by Gasteiger charge is -2.33. The maximum absolute atomic E-state index is 11.6. The zero-order valence-corrected chi connectivity index (χ0v) is 13.1. The molecule has 0 aliphatic rings. The third-order valence-corrected chi connectivity index (χ3v) is 4.86. The molecule has 0 saturated carbocycles. The maximum Gasteiger partial charge on any atom is 0.345 e. The van der Waals surface area contributed by atoms with Crippen molar-refractivity contribution in [1.82, 2.24) is 0 Å². The van der Waals surface area contributed by atoms with Crippen molar-refractivity contribution in [2.75, 3.05) is 6.61 Å². The molecule has 0 unspecified atom stereocenters. The van der Waals surface area contributed by atoms with E-state index in [4.69, 9.17) is 51.1 Å². The van der Waals surface area contributed by atoms with Crippen molar-refractivity contribution >= 4 is 52.4 Å². The maximum atomic E-state index is 11.6. The third-order valence-electron chi connectivity index (χ3n) is 2.13. The van der Waals surface area contributed by atoms with Crippen molar-refractivity contribution in [3.63, 3.8) is 0 Å². The Morgan fingerprint density at radius 1 is 1.24 bits per heavy atom. The Balaban J connectivity index is 0. The summed E-state index contributed by atoms with van der Waals surface area (Å²) in [6.45, 7) is 5.68. The molecule has 0 fully saturated rings. The van der Waals surface area contributed by atoms with Crippen LogP contribution in [0, 0.1) is 5.92 Å². The second kappa shape index (κ2) is 7.90. The number of carbonyl (C=O) groups is 1. The van der Waals surface area contributed by atoms with Gasteiger partial charge in [0.25, 0.3) is 0 Å². The van der Waals surface area contributed by atoms with Crippen molar-refractivity contribution < 1.29 is 15.0 Å². The van der Waals surface area contributed by atoms with Crippen LogP contribution in [0.2, 0.25) is 0 Å². The zero-order valence-electron chi connectivity index (χ0n) is 10.0. The highest BCUT2D eigenvalue weighted by molar-refractivity contribution is 6.68. The molecule has 0 aliphatic carbocycles. The summed E-state index contributed by atoms with van der Waals surface area (Å²) in [7, 11) is 0. The lowest BCUT2D eigenvalue weighted by molar-refractivity contribution is -0.145. The van der Waals surface area contributed by atoms with Gasteiger partial charge in [0.1, 0.15) is 0 Å². The van der Waals surface area contributed by atoms with Gasteiger partial charge in [0.15, 0.2) is 4.33 Å². The molecule has 0 aliphatic heterocycles. The molecule has 3 nitrogen and oxygen atoms in total. The molecule has 0 radical (unpaired) electrons. The Morgan fingerprint density at radius 3 is 2.06 bits per heavy atom. The van der Waals surface area contributed by atoms with Crippen LogP contribution < -0.4 is 0 Å². The number of rotatable bonds is 6. The summed E-state index contributed by atoms with van der Waals surface area (Å²) in [6.07, 6.45) is 1.65. The first-order chi connectivity index (χ1) is 7.17. The first kappa shape index (κ1) is 19.9. The van der Waals surface area contributed by atoms with Crippen LogP contribution in [0.3, 0.4) is 0 Å². The summed E-state index contributed by atoms with van der Waals surface area (Å²) in [5, 5.41) is 0. The molecule has 0 aromatic heterocycles. The molecular weight excluding hydrogens is 310 g/mol. The van der Waals surface area contributed by atoms with Gasteiger partial charge in [-0.2, -0.15) is 0 Å². The first-order valence-electron chi connectivity index (χ1n) is 5.10. The highest BCUT2D eigenvalue weighted by Crippen LogP contribution is 2.48. The van der Waals surface area contributed by atoms with E-state index in [0.717, 1.165) is 12.8 Å². The number of ether oxygens (including phenoxy) is 1. The predicted molar refractivity (Wildman–Crippen MR) is 73.2 cm³/mol. The van der Waals surface area contributed by atoms with E-state index < -0.39 is 14.6 Å². The van der Waals surface area contributed by atoms with Crippen molar-refractivity contribution in [3.05, 3.63) is 0 Å². The summed E-state index contributed by atoms with van der Waals surface area (Å²) in [5.41, 5.74) is 0. The number of alkyl halides is 4. The van der Waals surface area contributed by atoms with Gasteiger partial charge < -0.3 is 10.2 Å². The van der Waals surface area contributed by atoms with E-state index in [1.165, 1.54) is 0 Å². The quantitative estimate of drug-likeness (QED) is 0.426. The summed E-state index contributed by atoms with van der Waals surface area (Å²) < 4.78 is 1.37. The van der Waals surface area contributed by atoms with Crippen LogP contribution in [0.15, 0.2) is 0 Å². The van der Waals surface area contributed by atoms with Crippen molar-refractivity contribution in [2.45, 2.75) is 42.3 Å². The average Bonchev–Trinajstić information content (AvgIpc) is 2.17. The zero-order chi connectivity index (χ0) is 13.0. The minimum absolute atomic E-state index is 0. The molecular formula is C10H18Cl4O3. The Bertz CT molecular complexity index is 242. The highest BCUT2D eigenvalue weighted by atomic mass is 35.5. The van der Waals surface area contributed by atoms with Crippen molar-refractivity contribution in [2.24, 2.45) is 5.92 Å². The van der Waals surface area contributed by atoms with Gasteiger partial charge in [-0.15, -0.1) is 0 Å². The Hall–Kier alpha value is 0.590. The minimum Gasteiger partial charge on any atom is -0.463 e. The number of hydrogen-bond acceptors (Lipinski definition) is 2. The fourth-order valence-electron chi connectivity index (χ4n) is 0.898. The van der Waals surface area contributed by atoms with Gasteiger partial charge in [-0.25, -0.2) is 4.79 Å². The average molecular weight is 328 g/mol. The van der Waals surface area contributed by atoms with E-state index in [1.807, 2.05) is 6.92 Å². The van der Waals surface area contributed by atoms with E-state index >= 15 is 0 Å². The molecule has 0 rings (SSSR count). The summed E-state index contributed by atoms with van der Waals surface area (Å²) in [4.78, 5) is 11.6. The Kier molecular flexibility index (Phi) is 9.26. The molecule has 0 atom stereocenters. The smallest absolute Gasteiger partial charge is 0.345 e. The third kappa shape index (κ3) is 4.99. The van der Waals surface area contributed by atoms with Crippen molar-refractivity contribution in [1.29, 1.82) is 0 Å². The van der Waals surface area contributed by atoms with Crippen LogP contribution in [0.5, 0.6) is 0 Å². The number of halogens is 4. The van der Waals surface area contributed by atoms with Crippen LogP contribution in [0.1, 0.15) is 33.6 Å². The molecule has 104 valence electrons.